The number of carbonyl (C=O) groups is 1. The summed E-state index contributed by atoms with van der Waals surface area (Å²) in [5.74, 6) is -0.422. The third kappa shape index (κ3) is 1.16. The minimum absolute atomic E-state index is 0.0880. The molecule has 0 bridgehead atoms. The molecule has 2 nitrogen and oxygen atoms in total. The number of aliphatic hydroxyl groups excluding tert-OH is 1. The third-order valence-electron chi connectivity index (χ3n) is 2.79. The highest BCUT2D eigenvalue weighted by atomic mass is 19.1. The van der Waals surface area contributed by atoms with E-state index in [1.165, 1.54) is 18.2 Å². The largest absolute Gasteiger partial charge is 0.395 e. The van der Waals surface area contributed by atoms with Crippen LogP contribution >= 0.6 is 0 Å². The van der Waals surface area contributed by atoms with Crippen molar-refractivity contribution in [2.24, 2.45) is 5.41 Å². The van der Waals surface area contributed by atoms with Crippen molar-refractivity contribution in [3.63, 3.8) is 0 Å². The number of aliphatic hydroxyl groups is 1. The van der Waals surface area contributed by atoms with E-state index >= 15 is 0 Å². The van der Waals surface area contributed by atoms with Gasteiger partial charge in [-0.2, -0.15) is 0 Å². The van der Waals surface area contributed by atoms with Crippen molar-refractivity contribution in [1.82, 2.24) is 0 Å². The molecular weight excluding hydrogens is 183 g/mol. The average Bonchev–Trinajstić information content (AvgIpc) is 2.40. The van der Waals surface area contributed by atoms with Gasteiger partial charge < -0.3 is 5.11 Å². The van der Waals surface area contributed by atoms with Gasteiger partial charge >= 0.3 is 0 Å². The van der Waals surface area contributed by atoms with Gasteiger partial charge in [-0.15, -0.1) is 0 Å². The normalized spacial score (nSPS) is 25.2. The molecule has 0 fully saturated rings. The van der Waals surface area contributed by atoms with Crippen molar-refractivity contribution in [3.8, 4) is 0 Å². The summed E-state index contributed by atoms with van der Waals surface area (Å²) in [6.07, 6.45) is 0.426. The fourth-order valence-electron chi connectivity index (χ4n) is 1.88. The molecule has 0 aliphatic heterocycles. The summed E-state index contributed by atoms with van der Waals surface area (Å²) in [7, 11) is 0. The van der Waals surface area contributed by atoms with E-state index in [9.17, 15) is 9.18 Å². The minimum atomic E-state index is -0.754. The highest BCUT2D eigenvalue weighted by Gasteiger charge is 2.40. The summed E-state index contributed by atoms with van der Waals surface area (Å²) in [5, 5.41) is 9.12. The molecule has 1 aliphatic rings. The van der Waals surface area contributed by atoms with E-state index < -0.39 is 5.41 Å². The zero-order valence-electron chi connectivity index (χ0n) is 7.88. The lowest BCUT2D eigenvalue weighted by Gasteiger charge is -2.17. The molecule has 74 valence electrons. The predicted molar refractivity (Wildman–Crippen MR) is 49.6 cm³/mol. The SMILES string of the molecule is C[C@@]1(CO)Cc2cc(F)ccc2C1=O. The number of carbonyl (C=O) groups excluding carboxylic acids is 1. The van der Waals surface area contributed by atoms with Crippen molar-refractivity contribution in [1.29, 1.82) is 0 Å². The molecule has 0 aromatic heterocycles. The number of rotatable bonds is 1. The molecule has 0 unspecified atom stereocenters. The van der Waals surface area contributed by atoms with Gasteiger partial charge in [0.15, 0.2) is 5.78 Å². The second-order valence-corrected chi connectivity index (χ2v) is 4.03. The van der Waals surface area contributed by atoms with Crippen LogP contribution in [0.25, 0.3) is 0 Å². The van der Waals surface area contributed by atoms with Crippen LogP contribution in [0, 0.1) is 11.2 Å². The maximum Gasteiger partial charge on any atom is 0.171 e. The van der Waals surface area contributed by atoms with Crippen LogP contribution in [0.1, 0.15) is 22.8 Å². The summed E-state index contributed by atoms with van der Waals surface area (Å²) < 4.78 is 12.9. The number of fused-ring (bicyclic) bond motifs is 1. The van der Waals surface area contributed by atoms with E-state index in [1.807, 2.05) is 0 Å². The lowest BCUT2D eigenvalue weighted by molar-refractivity contribution is 0.0722. The molecule has 0 amide bonds. The molecule has 0 saturated heterocycles. The van der Waals surface area contributed by atoms with Gasteiger partial charge in [-0.05, 0) is 37.1 Å². The van der Waals surface area contributed by atoms with Crippen molar-refractivity contribution < 1.29 is 14.3 Å². The molecule has 1 atom stereocenters. The monoisotopic (exact) mass is 194 g/mol. The zero-order valence-corrected chi connectivity index (χ0v) is 7.88. The van der Waals surface area contributed by atoms with Crippen LogP contribution < -0.4 is 0 Å². The number of hydrogen-bond donors (Lipinski definition) is 1. The predicted octanol–water partition coefficient (Wildman–Crippen LogP) is 1.56. The Kier molecular flexibility index (Phi) is 1.93. The highest BCUT2D eigenvalue weighted by Crippen LogP contribution is 2.36. The first-order chi connectivity index (χ1) is 6.57. The molecule has 0 spiro atoms. The summed E-state index contributed by atoms with van der Waals surface area (Å²) >= 11 is 0. The number of halogens is 1. The van der Waals surface area contributed by atoms with Gasteiger partial charge in [0.1, 0.15) is 5.82 Å². The first-order valence-corrected chi connectivity index (χ1v) is 4.51. The van der Waals surface area contributed by atoms with E-state index in [2.05, 4.69) is 0 Å². The Bertz CT molecular complexity index is 400. The summed E-state index contributed by atoms with van der Waals surface area (Å²) in [4.78, 5) is 11.8. The smallest absolute Gasteiger partial charge is 0.171 e. The maximum atomic E-state index is 12.9. The Morgan fingerprint density at radius 3 is 2.93 bits per heavy atom. The van der Waals surface area contributed by atoms with Gasteiger partial charge in [0.05, 0.1) is 12.0 Å². The Labute approximate surface area is 81.4 Å². The maximum absolute atomic E-state index is 12.9. The highest BCUT2D eigenvalue weighted by molar-refractivity contribution is 6.04. The summed E-state index contributed by atoms with van der Waals surface area (Å²) in [5.41, 5.74) is 0.491. The molecule has 2 rings (SSSR count). The third-order valence-corrected chi connectivity index (χ3v) is 2.79. The van der Waals surface area contributed by atoms with Gasteiger partial charge in [0.25, 0.3) is 0 Å². The van der Waals surface area contributed by atoms with Crippen molar-refractivity contribution in [3.05, 3.63) is 35.1 Å². The van der Waals surface area contributed by atoms with Crippen LogP contribution in [-0.4, -0.2) is 17.5 Å². The van der Waals surface area contributed by atoms with Gasteiger partial charge in [-0.3, -0.25) is 4.79 Å². The fraction of sp³-hybridized carbons (Fsp3) is 0.364. The minimum Gasteiger partial charge on any atom is -0.395 e. The first-order valence-electron chi connectivity index (χ1n) is 4.51. The first kappa shape index (κ1) is 9.34. The van der Waals surface area contributed by atoms with Crippen molar-refractivity contribution >= 4 is 5.78 Å². The van der Waals surface area contributed by atoms with Gasteiger partial charge in [0.2, 0.25) is 0 Å². The Hall–Kier alpha value is -1.22. The van der Waals surface area contributed by atoms with E-state index in [-0.39, 0.29) is 18.2 Å². The second kappa shape index (κ2) is 2.89. The molecule has 0 heterocycles. The van der Waals surface area contributed by atoms with Crippen LogP contribution in [0.4, 0.5) is 4.39 Å². The number of ketones is 1. The number of benzene rings is 1. The Morgan fingerprint density at radius 1 is 1.57 bits per heavy atom. The zero-order chi connectivity index (χ0) is 10.3. The van der Waals surface area contributed by atoms with Gasteiger partial charge in [-0.1, -0.05) is 0 Å². The van der Waals surface area contributed by atoms with E-state index in [1.54, 1.807) is 6.92 Å². The summed E-state index contributed by atoms with van der Waals surface area (Å²) in [6.45, 7) is 1.51. The van der Waals surface area contributed by atoms with Crippen LogP contribution in [0.15, 0.2) is 18.2 Å². The van der Waals surface area contributed by atoms with Crippen molar-refractivity contribution in [2.45, 2.75) is 13.3 Å². The molecule has 3 heteroatoms. The second-order valence-electron chi connectivity index (χ2n) is 4.03. The van der Waals surface area contributed by atoms with Gasteiger partial charge in [-0.25, -0.2) is 4.39 Å². The molecule has 1 N–H and O–H groups in total. The number of Topliss-reactive ketones (excluding diaryl/α,β-unsaturated/α-hetero) is 1. The molecule has 0 radical (unpaired) electrons. The van der Waals surface area contributed by atoms with E-state index in [0.717, 1.165) is 0 Å². The molecule has 1 aromatic carbocycles. The fourth-order valence-corrected chi connectivity index (χ4v) is 1.88. The molecule has 1 aromatic rings. The van der Waals surface area contributed by atoms with Crippen LogP contribution in [0.3, 0.4) is 0 Å². The molecule has 14 heavy (non-hydrogen) atoms. The van der Waals surface area contributed by atoms with Crippen LogP contribution in [-0.2, 0) is 6.42 Å². The summed E-state index contributed by atoms with van der Waals surface area (Å²) in [6, 6.07) is 4.14. The standard InChI is InChI=1S/C11H11FO2/c1-11(6-13)5-7-4-8(12)2-3-9(7)10(11)14/h2-4,13H,5-6H2,1H3/t11-/m0/s1. The average molecular weight is 194 g/mol. The van der Waals surface area contributed by atoms with Crippen molar-refractivity contribution in [2.75, 3.05) is 6.61 Å². The lowest BCUT2D eigenvalue weighted by Crippen LogP contribution is -2.28. The Balaban J connectivity index is 2.51. The molecule has 1 aliphatic carbocycles. The molecule has 0 saturated carbocycles. The van der Waals surface area contributed by atoms with E-state index in [0.29, 0.717) is 17.5 Å². The topological polar surface area (TPSA) is 37.3 Å². The molecular formula is C11H11FO2. The number of hydrogen-bond acceptors (Lipinski definition) is 2. The van der Waals surface area contributed by atoms with E-state index in [4.69, 9.17) is 5.11 Å². The Morgan fingerprint density at radius 2 is 2.29 bits per heavy atom. The quantitative estimate of drug-likeness (QED) is 0.736. The van der Waals surface area contributed by atoms with Crippen LogP contribution in [0.2, 0.25) is 0 Å². The van der Waals surface area contributed by atoms with Gasteiger partial charge in [0, 0.05) is 5.56 Å². The lowest BCUT2D eigenvalue weighted by atomic mass is 9.87. The van der Waals surface area contributed by atoms with Crippen LogP contribution in [0.5, 0.6) is 0 Å².